The molecule has 6 bridgehead atoms. The van der Waals surface area contributed by atoms with Crippen molar-refractivity contribution in [1.82, 2.24) is 0 Å². The van der Waals surface area contributed by atoms with Crippen LogP contribution in [-0.2, 0) is 24.0 Å². The van der Waals surface area contributed by atoms with Crippen LogP contribution in [0.1, 0.15) is 25.7 Å². The van der Waals surface area contributed by atoms with E-state index in [4.69, 9.17) is 19.2 Å². The van der Waals surface area contributed by atoms with Crippen molar-refractivity contribution in [2.45, 2.75) is 50.5 Å². The molecule has 6 unspecified atom stereocenters. The summed E-state index contributed by atoms with van der Waals surface area (Å²) in [5.41, 5.74) is 0. The van der Waals surface area contributed by atoms with Crippen LogP contribution in [0.5, 0.6) is 0 Å². The SMILES string of the molecule is O=C1C2CCCCC1C1OC2C2OOC1O2. The normalized spacial score (nSPS) is 54.9. The number of fused-ring (bicyclic) bond motifs is 10. The van der Waals surface area contributed by atoms with E-state index in [1.807, 2.05) is 0 Å². The van der Waals surface area contributed by atoms with Crippen molar-refractivity contribution in [3.05, 3.63) is 0 Å². The van der Waals surface area contributed by atoms with Gasteiger partial charge in [0.1, 0.15) is 18.0 Å². The predicted molar refractivity (Wildman–Crippen MR) is 49.9 cm³/mol. The first-order chi connectivity index (χ1) is 7.84. The summed E-state index contributed by atoms with van der Waals surface area (Å²) < 4.78 is 11.5. The number of carbonyl (C=O) groups is 1. The van der Waals surface area contributed by atoms with Crippen LogP contribution < -0.4 is 0 Å². The van der Waals surface area contributed by atoms with Crippen molar-refractivity contribution in [2.24, 2.45) is 11.8 Å². The summed E-state index contributed by atoms with van der Waals surface area (Å²) in [6.45, 7) is 0. The van der Waals surface area contributed by atoms with E-state index in [1.54, 1.807) is 0 Å². The molecule has 5 nitrogen and oxygen atoms in total. The summed E-state index contributed by atoms with van der Waals surface area (Å²) in [5, 5.41) is 0. The minimum absolute atomic E-state index is 0.0589. The molecule has 88 valence electrons. The van der Waals surface area contributed by atoms with Crippen LogP contribution >= 0.6 is 0 Å². The molecule has 0 amide bonds. The first-order valence-electron chi connectivity index (χ1n) is 6.01. The van der Waals surface area contributed by atoms with Gasteiger partial charge in [-0.25, -0.2) is 0 Å². The second-order valence-electron chi connectivity index (χ2n) is 5.03. The molecule has 0 aromatic rings. The standard InChI is InChI=1S/C11H14O5/c12-7-5-3-1-2-4-6(7)9-11-14-10(15-16-11)8(5)13-9/h5-6,8-11H,1-4H2. The van der Waals surface area contributed by atoms with Crippen LogP contribution in [-0.4, -0.2) is 30.6 Å². The molecule has 5 heteroatoms. The van der Waals surface area contributed by atoms with E-state index in [0.717, 1.165) is 25.7 Å². The molecule has 0 aromatic carbocycles. The molecule has 0 spiro atoms. The zero-order chi connectivity index (χ0) is 10.7. The monoisotopic (exact) mass is 226 g/mol. The zero-order valence-electron chi connectivity index (χ0n) is 8.83. The van der Waals surface area contributed by atoms with Crippen molar-refractivity contribution >= 4 is 5.78 Å². The molecule has 3 aliphatic heterocycles. The minimum atomic E-state index is -0.505. The Balaban J connectivity index is 1.76. The zero-order valence-corrected chi connectivity index (χ0v) is 8.83. The Labute approximate surface area is 92.9 Å². The van der Waals surface area contributed by atoms with E-state index in [2.05, 4.69) is 0 Å². The third kappa shape index (κ3) is 1.12. The molecular weight excluding hydrogens is 212 g/mol. The predicted octanol–water partition coefficient (Wildman–Crippen LogP) is 0.773. The molecule has 4 fully saturated rings. The van der Waals surface area contributed by atoms with Gasteiger partial charge in [-0.2, -0.15) is 9.78 Å². The average molecular weight is 226 g/mol. The molecule has 4 aliphatic rings. The lowest BCUT2D eigenvalue weighted by molar-refractivity contribution is -0.293. The van der Waals surface area contributed by atoms with Crippen LogP contribution in [0.25, 0.3) is 0 Å². The Kier molecular flexibility index (Phi) is 1.94. The number of ketones is 1. The number of rotatable bonds is 0. The lowest BCUT2D eigenvalue weighted by atomic mass is 9.80. The van der Waals surface area contributed by atoms with Gasteiger partial charge in [0.15, 0.2) is 0 Å². The topological polar surface area (TPSA) is 54.0 Å². The number of ether oxygens (including phenoxy) is 2. The van der Waals surface area contributed by atoms with E-state index in [0.29, 0.717) is 5.78 Å². The summed E-state index contributed by atoms with van der Waals surface area (Å²) >= 11 is 0. The second-order valence-corrected chi connectivity index (χ2v) is 5.03. The quantitative estimate of drug-likeness (QED) is 0.571. The van der Waals surface area contributed by atoms with E-state index in [-0.39, 0.29) is 24.0 Å². The highest BCUT2D eigenvalue weighted by atomic mass is 17.3. The smallest absolute Gasteiger partial charge is 0.221 e. The maximum atomic E-state index is 12.3. The van der Waals surface area contributed by atoms with Crippen molar-refractivity contribution in [3.63, 3.8) is 0 Å². The van der Waals surface area contributed by atoms with E-state index in [9.17, 15) is 4.79 Å². The summed E-state index contributed by atoms with van der Waals surface area (Å²) in [6.07, 6.45) is 2.44. The third-order valence-corrected chi connectivity index (χ3v) is 4.17. The van der Waals surface area contributed by atoms with Crippen molar-refractivity contribution in [1.29, 1.82) is 0 Å². The first kappa shape index (κ1) is 9.53. The summed E-state index contributed by atoms with van der Waals surface area (Å²) in [4.78, 5) is 22.5. The molecule has 0 aromatic heterocycles. The number of hydrogen-bond donors (Lipinski definition) is 0. The largest absolute Gasteiger partial charge is 0.363 e. The van der Waals surface area contributed by atoms with Gasteiger partial charge in [-0.3, -0.25) is 4.79 Å². The van der Waals surface area contributed by atoms with Crippen LogP contribution in [0.2, 0.25) is 0 Å². The third-order valence-electron chi connectivity index (χ3n) is 4.17. The summed E-state index contributed by atoms with van der Waals surface area (Å²) in [7, 11) is 0. The molecule has 6 atom stereocenters. The van der Waals surface area contributed by atoms with E-state index < -0.39 is 12.6 Å². The van der Waals surface area contributed by atoms with Crippen molar-refractivity contribution in [3.8, 4) is 0 Å². The maximum absolute atomic E-state index is 12.3. The highest BCUT2D eigenvalue weighted by Crippen LogP contribution is 2.45. The van der Waals surface area contributed by atoms with Gasteiger partial charge in [0.25, 0.3) is 0 Å². The molecule has 1 saturated carbocycles. The fourth-order valence-corrected chi connectivity index (χ4v) is 3.37. The Morgan fingerprint density at radius 2 is 1.44 bits per heavy atom. The molecule has 3 saturated heterocycles. The maximum Gasteiger partial charge on any atom is 0.221 e. The lowest BCUT2D eigenvalue weighted by Crippen LogP contribution is -2.58. The fraction of sp³-hybridized carbons (Fsp3) is 0.909. The molecule has 16 heavy (non-hydrogen) atoms. The molecule has 1 aliphatic carbocycles. The van der Waals surface area contributed by atoms with Gasteiger partial charge in [0.2, 0.25) is 12.6 Å². The summed E-state index contributed by atoms with van der Waals surface area (Å²) in [5.74, 6) is 0.221. The van der Waals surface area contributed by atoms with Crippen molar-refractivity contribution in [2.75, 3.05) is 0 Å². The van der Waals surface area contributed by atoms with E-state index >= 15 is 0 Å². The van der Waals surface area contributed by atoms with Crippen LogP contribution in [0.3, 0.4) is 0 Å². The van der Waals surface area contributed by atoms with Gasteiger partial charge in [0, 0.05) is 11.8 Å². The van der Waals surface area contributed by atoms with Crippen molar-refractivity contribution < 1.29 is 24.0 Å². The minimum Gasteiger partial charge on any atom is -0.363 e. The van der Waals surface area contributed by atoms with Gasteiger partial charge >= 0.3 is 0 Å². The fourth-order valence-electron chi connectivity index (χ4n) is 3.37. The van der Waals surface area contributed by atoms with E-state index in [1.165, 1.54) is 0 Å². The highest BCUT2D eigenvalue weighted by molar-refractivity contribution is 5.85. The number of hydrogen-bond acceptors (Lipinski definition) is 5. The van der Waals surface area contributed by atoms with Gasteiger partial charge in [-0.05, 0) is 12.8 Å². The lowest BCUT2D eigenvalue weighted by Gasteiger charge is -2.43. The first-order valence-corrected chi connectivity index (χ1v) is 6.01. The highest BCUT2D eigenvalue weighted by Gasteiger charge is 2.59. The van der Waals surface area contributed by atoms with Gasteiger partial charge < -0.3 is 9.47 Å². The Hall–Kier alpha value is -0.490. The molecular formula is C11H14O5. The molecule has 0 radical (unpaired) electrons. The van der Waals surface area contributed by atoms with Crippen LogP contribution in [0.15, 0.2) is 0 Å². The molecule has 0 N–H and O–H groups in total. The molecule has 4 rings (SSSR count). The van der Waals surface area contributed by atoms with Crippen LogP contribution in [0, 0.1) is 11.8 Å². The Bertz CT molecular complexity index is 302. The second kappa shape index (κ2) is 3.26. The Morgan fingerprint density at radius 3 is 2.00 bits per heavy atom. The van der Waals surface area contributed by atoms with Gasteiger partial charge in [0.05, 0.1) is 0 Å². The van der Waals surface area contributed by atoms with Gasteiger partial charge in [-0.15, -0.1) is 0 Å². The Morgan fingerprint density at radius 1 is 0.875 bits per heavy atom. The van der Waals surface area contributed by atoms with Gasteiger partial charge in [-0.1, -0.05) is 12.8 Å². The molecule has 3 heterocycles. The summed E-state index contributed by atoms with van der Waals surface area (Å²) in [6, 6.07) is 0. The van der Waals surface area contributed by atoms with Crippen LogP contribution in [0.4, 0.5) is 0 Å². The number of carbonyl (C=O) groups excluding carboxylic acids is 1. The number of Topliss-reactive ketones (excluding diaryl/α,β-unsaturated/α-hetero) is 1. The average Bonchev–Trinajstić information content (AvgIpc) is 2.64.